The number of aromatic nitrogens is 2. The number of hydrogen-bond acceptors (Lipinski definition) is 3. The van der Waals surface area contributed by atoms with Gasteiger partial charge in [0, 0.05) is 40.5 Å². The van der Waals surface area contributed by atoms with Gasteiger partial charge in [0.1, 0.15) is 5.01 Å². The Hall–Kier alpha value is -2.43. The Bertz CT molecular complexity index is 967. The number of nitrogens with two attached hydrogens (primary N) is 1. The van der Waals surface area contributed by atoms with Crippen molar-refractivity contribution in [3.8, 4) is 10.6 Å². The van der Waals surface area contributed by atoms with Crippen molar-refractivity contribution in [2.75, 3.05) is 0 Å². The number of hydrogen-bond donors (Lipinski definition) is 2. The summed E-state index contributed by atoms with van der Waals surface area (Å²) in [6.07, 6.45) is 2.87. The van der Waals surface area contributed by atoms with Crippen molar-refractivity contribution in [1.29, 1.82) is 0 Å². The van der Waals surface area contributed by atoms with Gasteiger partial charge in [0.15, 0.2) is 0 Å². The van der Waals surface area contributed by atoms with Gasteiger partial charge in [0.05, 0.1) is 5.69 Å². The Kier molecular flexibility index (Phi) is 3.92. The molecular weight excluding hydrogens is 314 g/mol. The standard InChI is InChI=1S/C20H19N3S/c1-13(21)18-11-22-19-8-7-15(10-17(18)19)20-23-16(12-24-20)9-14-5-3-2-4-6-14/h2-8,10-13,22H,9,21H2,1H3. The molecule has 4 aromatic rings. The van der Waals surface area contributed by atoms with Gasteiger partial charge < -0.3 is 10.7 Å². The molecule has 0 spiro atoms. The molecule has 1 unspecified atom stereocenters. The number of thiazole rings is 1. The minimum absolute atomic E-state index is 0.0129. The number of nitrogens with zero attached hydrogens (tertiary/aromatic N) is 1. The molecule has 0 aliphatic carbocycles. The van der Waals surface area contributed by atoms with Crippen LogP contribution in [0.2, 0.25) is 0 Å². The molecule has 120 valence electrons. The monoisotopic (exact) mass is 333 g/mol. The van der Waals surface area contributed by atoms with Crippen molar-refractivity contribution < 1.29 is 0 Å². The van der Waals surface area contributed by atoms with Gasteiger partial charge in [-0.2, -0.15) is 0 Å². The van der Waals surface area contributed by atoms with Gasteiger partial charge >= 0.3 is 0 Å². The molecule has 4 heteroatoms. The van der Waals surface area contributed by atoms with E-state index in [2.05, 4.69) is 52.8 Å². The second kappa shape index (κ2) is 6.23. The van der Waals surface area contributed by atoms with Gasteiger partial charge in [-0.25, -0.2) is 4.98 Å². The summed E-state index contributed by atoms with van der Waals surface area (Å²) in [7, 11) is 0. The Morgan fingerprint density at radius 3 is 2.79 bits per heavy atom. The quantitative estimate of drug-likeness (QED) is 0.558. The summed E-state index contributed by atoms with van der Waals surface area (Å²) in [4.78, 5) is 8.11. The van der Waals surface area contributed by atoms with Gasteiger partial charge in [-0.1, -0.05) is 30.3 Å². The van der Waals surface area contributed by atoms with Crippen LogP contribution in [0.15, 0.2) is 60.1 Å². The Labute approximate surface area is 145 Å². The average Bonchev–Trinajstić information content (AvgIpc) is 3.21. The van der Waals surface area contributed by atoms with Crippen LogP contribution >= 0.6 is 11.3 Å². The number of benzene rings is 2. The van der Waals surface area contributed by atoms with E-state index in [1.165, 1.54) is 10.9 Å². The van der Waals surface area contributed by atoms with Gasteiger partial charge in [0.2, 0.25) is 0 Å². The van der Waals surface area contributed by atoms with Crippen LogP contribution in [0.5, 0.6) is 0 Å². The van der Waals surface area contributed by atoms with Crippen LogP contribution in [0.1, 0.15) is 29.8 Å². The van der Waals surface area contributed by atoms with E-state index in [1.807, 2.05) is 19.2 Å². The molecule has 0 saturated heterocycles. The van der Waals surface area contributed by atoms with Crippen molar-refractivity contribution in [2.45, 2.75) is 19.4 Å². The second-order valence-corrected chi connectivity index (χ2v) is 6.96. The third-order valence-corrected chi connectivity index (χ3v) is 5.17. The van der Waals surface area contributed by atoms with E-state index in [4.69, 9.17) is 10.7 Å². The van der Waals surface area contributed by atoms with Crippen LogP contribution in [0.3, 0.4) is 0 Å². The summed E-state index contributed by atoms with van der Waals surface area (Å²) in [6.45, 7) is 2.01. The summed E-state index contributed by atoms with van der Waals surface area (Å²) in [6, 6.07) is 16.9. The molecule has 4 rings (SSSR count). The van der Waals surface area contributed by atoms with Crippen LogP contribution in [-0.2, 0) is 6.42 Å². The molecule has 2 aromatic carbocycles. The SMILES string of the molecule is CC(N)c1c[nH]c2ccc(-c3nc(Cc4ccccc4)cs3)cc12. The van der Waals surface area contributed by atoms with E-state index >= 15 is 0 Å². The molecule has 0 saturated carbocycles. The highest BCUT2D eigenvalue weighted by Crippen LogP contribution is 2.30. The molecule has 0 amide bonds. The molecule has 24 heavy (non-hydrogen) atoms. The minimum Gasteiger partial charge on any atom is -0.361 e. The van der Waals surface area contributed by atoms with Crippen molar-refractivity contribution in [3.05, 3.63) is 76.9 Å². The highest BCUT2D eigenvalue weighted by Gasteiger charge is 2.11. The molecule has 1 atom stereocenters. The van der Waals surface area contributed by atoms with Gasteiger partial charge in [0.25, 0.3) is 0 Å². The predicted molar refractivity (Wildman–Crippen MR) is 101 cm³/mol. The first kappa shape index (κ1) is 15.1. The first-order chi connectivity index (χ1) is 11.7. The Balaban J connectivity index is 1.66. The zero-order valence-corrected chi connectivity index (χ0v) is 14.3. The van der Waals surface area contributed by atoms with E-state index in [1.54, 1.807) is 11.3 Å². The molecule has 2 aromatic heterocycles. The van der Waals surface area contributed by atoms with Gasteiger partial charge in [-0.15, -0.1) is 11.3 Å². The molecule has 0 aliphatic rings. The predicted octanol–water partition coefficient (Wildman–Crippen LogP) is 4.90. The minimum atomic E-state index is 0.0129. The molecule has 3 nitrogen and oxygen atoms in total. The molecule has 0 fully saturated rings. The van der Waals surface area contributed by atoms with Crippen molar-refractivity contribution in [2.24, 2.45) is 5.73 Å². The van der Waals surface area contributed by atoms with E-state index < -0.39 is 0 Å². The van der Waals surface area contributed by atoms with Crippen LogP contribution in [0.4, 0.5) is 0 Å². The second-order valence-electron chi connectivity index (χ2n) is 6.10. The smallest absolute Gasteiger partial charge is 0.123 e. The first-order valence-corrected chi connectivity index (χ1v) is 8.94. The van der Waals surface area contributed by atoms with Crippen LogP contribution < -0.4 is 5.73 Å². The van der Waals surface area contributed by atoms with Crippen molar-refractivity contribution in [1.82, 2.24) is 9.97 Å². The van der Waals surface area contributed by atoms with E-state index in [0.717, 1.165) is 33.8 Å². The molecule has 3 N–H and O–H groups in total. The number of fused-ring (bicyclic) bond motifs is 1. The number of H-pyrrole nitrogens is 1. The third kappa shape index (κ3) is 2.86. The normalized spacial score (nSPS) is 12.6. The maximum Gasteiger partial charge on any atom is 0.123 e. The fourth-order valence-electron chi connectivity index (χ4n) is 2.98. The molecule has 2 heterocycles. The molecule has 0 radical (unpaired) electrons. The number of aromatic amines is 1. The maximum atomic E-state index is 6.07. The highest BCUT2D eigenvalue weighted by molar-refractivity contribution is 7.13. The molecule has 0 aliphatic heterocycles. The van der Waals surface area contributed by atoms with Crippen LogP contribution in [0.25, 0.3) is 21.5 Å². The van der Waals surface area contributed by atoms with Gasteiger partial charge in [-0.05, 0) is 36.2 Å². The van der Waals surface area contributed by atoms with E-state index in [0.29, 0.717) is 0 Å². The lowest BCUT2D eigenvalue weighted by Gasteiger charge is -2.04. The summed E-state index contributed by atoms with van der Waals surface area (Å²) in [5.41, 5.74) is 11.9. The third-order valence-electron chi connectivity index (χ3n) is 4.23. The summed E-state index contributed by atoms with van der Waals surface area (Å²) < 4.78 is 0. The average molecular weight is 333 g/mol. The fraction of sp³-hybridized carbons (Fsp3) is 0.150. The zero-order valence-electron chi connectivity index (χ0n) is 13.5. The lowest BCUT2D eigenvalue weighted by atomic mass is 10.1. The summed E-state index contributed by atoms with van der Waals surface area (Å²) in [5.74, 6) is 0. The Morgan fingerprint density at radius 2 is 2.00 bits per heavy atom. The maximum absolute atomic E-state index is 6.07. The number of rotatable bonds is 4. The summed E-state index contributed by atoms with van der Waals surface area (Å²) >= 11 is 1.69. The fourth-order valence-corrected chi connectivity index (χ4v) is 3.79. The largest absolute Gasteiger partial charge is 0.361 e. The van der Waals surface area contributed by atoms with E-state index in [-0.39, 0.29) is 6.04 Å². The lowest BCUT2D eigenvalue weighted by Crippen LogP contribution is -2.03. The zero-order chi connectivity index (χ0) is 16.5. The van der Waals surface area contributed by atoms with Crippen molar-refractivity contribution in [3.63, 3.8) is 0 Å². The lowest BCUT2D eigenvalue weighted by molar-refractivity contribution is 0.826. The first-order valence-electron chi connectivity index (χ1n) is 8.06. The summed E-state index contributed by atoms with van der Waals surface area (Å²) in [5, 5.41) is 4.39. The van der Waals surface area contributed by atoms with Crippen molar-refractivity contribution >= 4 is 22.2 Å². The number of nitrogens with one attached hydrogen (secondary N) is 1. The molecule has 0 bridgehead atoms. The molecular formula is C20H19N3S. The van der Waals surface area contributed by atoms with Crippen LogP contribution in [0, 0.1) is 0 Å². The van der Waals surface area contributed by atoms with Gasteiger partial charge in [-0.3, -0.25) is 0 Å². The topological polar surface area (TPSA) is 54.7 Å². The highest BCUT2D eigenvalue weighted by atomic mass is 32.1. The Morgan fingerprint density at radius 1 is 1.17 bits per heavy atom. The van der Waals surface area contributed by atoms with Crippen LogP contribution in [-0.4, -0.2) is 9.97 Å². The van der Waals surface area contributed by atoms with E-state index in [9.17, 15) is 0 Å².